The maximum Gasteiger partial charge on any atom is 0.209 e. The third kappa shape index (κ3) is 2.84. The Bertz CT molecular complexity index is 800. The Balaban J connectivity index is 1.63. The van der Waals surface area contributed by atoms with Gasteiger partial charge in [0, 0.05) is 12.7 Å². The van der Waals surface area contributed by atoms with Gasteiger partial charge >= 0.3 is 0 Å². The fraction of sp³-hybridized carbons (Fsp3) is 0.278. The standard InChI is InChI=1S/C18H18N4S/c1-13-6-4-7-14(12-13)16-9-5-11-22(16)18-21-20-17(23-18)15-8-2-3-10-19-15/h2-4,6-8,10,12,16H,5,9,11H2,1H3/t16-/m1/s1. The third-order valence-corrected chi connectivity index (χ3v) is 5.21. The molecule has 0 aliphatic carbocycles. The van der Waals surface area contributed by atoms with Crippen LogP contribution >= 0.6 is 11.3 Å². The number of hydrogen-bond donors (Lipinski definition) is 0. The van der Waals surface area contributed by atoms with Gasteiger partial charge in [-0.15, -0.1) is 10.2 Å². The summed E-state index contributed by atoms with van der Waals surface area (Å²) in [5.74, 6) is 0. The minimum atomic E-state index is 0.402. The molecule has 116 valence electrons. The van der Waals surface area contributed by atoms with Crippen LogP contribution in [-0.2, 0) is 0 Å². The van der Waals surface area contributed by atoms with E-state index < -0.39 is 0 Å². The van der Waals surface area contributed by atoms with Gasteiger partial charge in [-0.25, -0.2) is 0 Å². The van der Waals surface area contributed by atoms with Gasteiger partial charge in [0.2, 0.25) is 5.13 Å². The number of aromatic nitrogens is 3. The fourth-order valence-corrected chi connectivity index (χ4v) is 4.04. The Kier molecular flexibility index (Phi) is 3.79. The molecule has 1 saturated heterocycles. The van der Waals surface area contributed by atoms with E-state index in [0.29, 0.717) is 6.04 Å². The SMILES string of the molecule is Cc1cccc([C@H]2CCCN2c2nnc(-c3ccccn3)s2)c1. The van der Waals surface area contributed by atoms with Gasteiger partial charge in [0.15, 0.2) is 5.01 Å². The molecule has 1 aliphatic heterocycles. The Labute approximate surface area is 139 Å². The Morgan fingerprint density at radius 3 is 2.91 bits per heavy atom. The Morgan fingerprint density at radius 1 is 1.13 bits per heavy atom. The summed E-state index contributed by atoms with van der Waals surface area (Å²) in [4.78, 5) is 6.75. The van der Waals surface area contributed by atoms with Crippen molar-refractivity contribution >= 4 is 16.5 Å². The molecule has 0 amide bonds. The van der Waals surface area contributed by atoms with Crippen LogP contribution in [0.25, 0.3) is 10.7 Å². The molecule has 0 spiro atoms. The summed E-state index contributed by atoms with van der Waals surface area (Å²) >= 11 is 1.63. The molecule has 23 heavy (non-hydrogen) atoms. The van der Waals surface area contributed by atoms with Crippen LogP contribution in [0.2, 0.25) is 0 Å². The maximum atomic E-state index is 4.43. The van der Waals surface area contributed by atoms with Crippen molar-refractivity contribution in [2.24, 2.45) is 0 Å². The second-order valence-electron chi connectivity index (χ2n) is 5.87. The number of aryl methyl sites for hydroxylation is 1. The van der Waals surface area contributed by atoms with Gasteiger partial charge in [0.05, 0.1) is 6.04 Å². The van der Waals surface area contributed by atoms with Gasteiger partial charge in [-0.2, -0.15) is 0 Å². The summed E-state index contributed by atoms with van der Waals surface area (Å²) < 4.78 is 0. The zero-order chi connectivity index (χ0) is 15.6. The highest BCUT2D eigenvalue weighted by atomic mass is 32.1. The van der Waals surface area contributed by atoms with Crippen LogP contribution < -0.4 is 4.90 Å². The second-order valence-corrected chi connectivity index (χ2v) is 6.83. The van der Waals surface area contributed by atoms with E-state index in [9.17, 15) is 0 Å². The lowest BCUT2D eigenvalue weighted by molar-refractivity contribution is 0.713. The average Bonchev–Trinajstić information content (AvgIpc) is 3.25. The van der Waals surface area contributed by atoms with Crippen LogP contribution in [0.4, 0.5) is 5.13 Å². The molecule has 1 fully saturated rings. The number of hydrogen-bond acceptors (Lipinski definition) is 5. The molecule has 3 heterocycles. The quantitative estimate of drug-likeness (QED) is 0.723. The molecule has 2 aromatic heterocycles. The molecule has 4 nitrogen and oxygen atoms in total. The fourth-order valence-electron chi connectivity index (χ4n) is 3.14. The van der Waals surface area contributed by atoms with E-state index in [-0.39, 0.29) is 0 Å². The molecular weight excluding hydrogens is 304 g/mol. The van der Waals surface area contributed by atoms with Gasteiger partial charge in [0.1, 0.15) is 5.69 Å². The molecule has 0 bridgehead atoms. The molecule has 0 radical (unpaired) electrons. The van der Waals surface area contributed by atoms with Crippen molar-refractivity contribution in [3.63, 3.8) is 0 Å². The first-order valence-electron chi connectivity index (χ1n) is 7.89. The average molecular weight is 322 g/mol. The highest BCUT2D eigenvalue weighted by Crippen LogP contribution is 2.38. The van der Waals surface area contributed by atoms with Crippen LogP contribution in [0.1, 0.15) is 30.0 Å². The zero-order valence-electron chi connectivity index (χ0n) is 13.0. The minimum absolute atomic E-state index is 0.402. The molecule has 1 aromatic carbocycles. The number of benzene rings is 1. The van der Waals surface area contributed by atoms with Crippen molar-refractivity contribution in [3.8, 4) is 10.7 Å². The van der Waals surface area contributed by atoms with Gasteiger partial charge in [-0.05, 0) is 37.5 Å². The van der Waals surface area contributed by atoms with Gasteiger partial charge in [0.25, 0.3) is 0 Å². The van der Waals surface area contributed by atoms with Crippen LogP contribution in [0.5, 0.6) is 0 Å². The van der Waals surface area contributed by atoms with Crippen molar-refractivity contribution in [2.75, 3.05) is 11.4 Å². The van der Waals surface area contributed by atoms with E-state index in [2.05, 4.69) is 51.3 Å². The van der Waals surface area contributed by atoms with E-state index in [4.69, 9.17) is 0 Å². The molecular formula is C18H18N4S. The van der Waals surface area contributed by atoms with Crippen molar-refractivity contribution in [2.45, 2.75) is 25.8 Å². The number of pyridine rings is 1. The predicted octanol–water partition coefficient (Wildman–Crippen LogP) is 4.25. The Hall–Kier alpha value is -2.27. The predicted molar refractivity (Wildman–Crippen MR) is 93.6 cm³/mol. The Morgan fingerprint density at radius 2 is 2.09 bits per heavy atom. The molecule has 0 N–H and O–H groups in total. The van der Waals surface area contributed by atoms with Crippen molar-refractivity contribution in [3.05, 3.63) is 59.8 Å². The lowest BCUT2D eigenvalue weighted by Crippen LogP contribution is -2.22. The van der Waals surface area contributed by atoms with Gasteiger partial charge in [-0.3, -0.25) is 4.98 Å². The molecule has 1 atom stereocenters. The highest BCUT2D eigenvalue weighted by Gasteiger charge is 2.29. The first kappa shape index (κ1) is 14.3. The van der Waals surface area contributed by atoms with Gasteiger partial charge in [-0.1, -0.05) is 47.2 Å². The van der Waals surface area contributed by atoms with Crippen LogP contribution in [0.3, 0.4) is 0 Å². The normalized spacial score (nSPS) is 17.6. The third-order valence-electron chi connectivity index (χ3n) is 4.22. The van der Waals surface area contributed by atoms with Crippen molar-refractivity contribution in [1.82, 2.24) is 15.2 Å². The lowest BCUT2D eigenvalue weighted by Gasteiger charge is -2.24. The highest BCUT2D eigenvalue weighted by molar-refractivity contribution is 7.18. The van der Waals surface area contributed by atoms with Crippen LogP contribution in [0.15, 0.2) is 48.7 Å². The summed E-state index contributed by atoms with van der Waals surface area (Å²) in [6.45, 7) is 3.18. The van der Waals surface area contributed by atoms with Crippen LogP contribution in [-0.4, -0.2) is 21.7 Å². The van der Waals surface area contributed by atoms with E-state index in [0.717, 1.165) is 22.4 Å². The summed E-state index contributed by atoms with van der Waals surface area (Å²) in [5.41, 5.74) is 3.57. The van der Waals surface area contributed by atoms with Crippen LogP contribution in [0, 0.1) is 6.92 Å². The second kappa shape index (κ2) is 6.08. The summed E-state index contributed by atoms with van der Waals surface area (Å²) in [6, 6.07) is 15.1. The lowest BCUT2D eigenvalue weighted by atomic mass is 10.0. The molecule has 0 unspecified atom stereocenters. The summed E-state index contributed by atoms with van der Waals surface area (Å²) in [6.07, 6.45) is 4.15. The molecule has 0 saturated carbocycles. The molecule has 1 aliphatic rings. The maximum absolute atomic E-state index is 4.43. The van der Waals surface area contributed by atoms with E-state index >= 15 is 0 Å². The topological polar surface area (TPSA) is 41.9 Å². The monoisotopic (exact) mass is 322 g/mol. The van der Waals surface area contributed by atoms with Crippen molar-refractivity contribution < 1.29 is 0 Å². The van der Waals surface area contributed by atoms with Crippen molar-refractivity contribution in [1.29, 1.82) is 0 Å². The molecule has 5 heteroatoms. The minimum Gasteiger partial charge on any atom is -0.340 e. The largest absolute Gasteiger partial charge is 0.340 e. The number of nitrogens with zero attached hydrogens (tertiary/aromatic N) is 4. The van der Waals surface area contributed by atoms with E-state index in [1.54, 1.807) is 17.5 Å². The number of anilines is 1. The summed E-state index contributed by atoms with van der Waals surface area (Å²) in [5, 5.41) is 10.6. The van der Waals surface area contributed by atoms with Gasteiger partial charge < -0.3 is 4.90 Å². The van der Waals surface area contributed by atoms with E-state index in [1.165, 1.54) is 24.0 Å². The molecule has 3 aromatic rings. The zero-order valence-corrected chi connectivity index (χ0v) is 13.8. The number of rotatable bonds is 3. The summed E-state index contributed by atoms with van der Waals surface area (Å²) in [7, 11) is 0. The molecule has 4 rings (SSSR count). The first-order chi connectivity index (χ1) is 11.3. The van der Waals surface area contributed by atoms with E-state index in [1.807, 2.05) is 18.2 Å². The first-order valence-corrected chi connectivity index (χ1v) is 8.71. The smallest absolute Gasteiger partial charge is 0.209 e.